The molecule has 75 valence electrons. The summed E-state index contributed by atoms with van der Waals surface area (Å²) in [4.78, 5) is 0. The molecule has 0 saturated heterocycles. The summed E-state index contributed by atoms with van der Waals surface area (Å²) >= 11 is 0. The number of benzene rings is 2. The van der Waals surface area contributed by atoms with Gasteiger partial charge in [0.1, 0.15) is 0 Å². The van der Waals surface area contributed by atoms with Gasteiger partial charge >= 0.3 is 0 Å². The molecule has 0 heterocycles. The molecule has 0 aromatic heterocycles. The highest BCUT2D eigenvalue weighted by Gasteiger charge is 2.01. The Balaban J connectivity index is 2.54. The van der Waals surface area contributed by atoms with E-state index in [2.05, 4.69) is 57.2 Å². The van der Waals surface area contributed by atoms with Crippen LogP contribution >= 0.6 is 0 Å². The molecule has 0 amide bonds. The Labute approximate surface area is 91.6 Å². The second-order valence-electron chi connectivity index (χ2n) is 4.10. The van der Waals surface area contributed by atoms with E-state index in [0.29, 0.717) is 0 Å². The zero-order chi connectivity index (χ0) is 10.8. The van der Waals surface area contributed by atoms with Crippen LogP contribution in [0.15, 0.2) is 36.4 Å². The Morgan fingerprint density at radius 3 is 2.27 bits per heavy atom. The van der Waals surface area contributed by atoms with Crippen molar-refractivity contribution in [1.82, 2.24) is 0 Å². The number of hydrogen-bond donors (Lipinski definition) is 0. The molecule has 0 aliphatic rings. The fraction of sp³-hybridized carbons (Fsp3) is 0.200. The van der Waals surface area contributed by atoms with Gasteiger partial charge in [-0.15, -0.1) is 0 Å². The predicted octanol–water partition coefficient (Wildman–Crippen LogP) is 4.08. The van der Waals surface area contributed by atoms with E-state index in [1.165, 1.54) is 27.8 Å². The molecule has 2 rings (SSSR count). The topological polar surface area (TPSA) is 0 Å². The SMILES string of the molecule is Cc1cc[c]c(-c2ccc(C)cc2C)c1. The largest absolute Gasteiger partial charge is 0.0587 e. The van der Waals surface area contributed by atoms with Crippen LogP contribution in [0.1, 0.15) is 16.7 Å². The van der Waals surface area contributed by atoms with Gasteiger partial charge in [-0.3, -0.25) is 0 Å². The third kappa shape index (κ3) is 2.10. The average molecular weight is 195 g/mol. The van der Waals surface area contributed by atoms with Gasteiger partial charge in [-0.1, -0.05) is 47.5 Å². The molecule has 0 fully saturated rings. The van der Waals surface area contributed by atoms with Gasteiger partial charge in [-0.2, -0.15) is 0 Å². The van der Waals surface area contributed by atoms with Crippen LogP contribution in [0.25, 0.3) is 11.1 Å². The maximum absolute atomic E-state index is 3.29. The van der Waals surface area contributed by atoms with Gasteiger partial charge in [0.25, 0.3) is 0 Å². The Bertz CT molecular complexity index is 481. The van der Waals surface area contributed by atoms with Crippen molar-refractivity contribution < 1.29 is 0 Å². The first kappa shape index (κ1) is 9.97. The summed E-state index contributed by atoms with van der Waals surface area (Å²) < 4.78 is 0. The summed E-state index contributed by atoms with van der Waals surface area (Å²) in [5.41, 5.74) is 6.38. The van der Waals surface area contributed by atoms with Crippen LogP contribution in [0.2, 0.25) is 0 Å². The zero-order valence-electron chi connectivity index (χ0n) is 9.46. The van der Waals surface area contributed by atoms with Crippen LogP contribution in [0.5, 0.6) is 0 Å². The van der Waals surface area contributed by atoms with Crippen molar-refractivity contribution >= 4 is 0 Å². The first-order chi connectivity index (χ1) is 7.16. The van der Waals surface area contributed by atoms with Crippen molar-refractivity contribution in [3.63, 3.8) is 0 Å². The van der Waals surface area contributed by atoms with Gasteiger partial charge < -0.3 is 0 Å². The van der Waals surface area contributed by atoms with Crippen LogP contribution in [0.3, 0.4) is 0 Å². The highest BCUT2D eigenvalue weighted by Crippen LogP contribution is 2.24. The second kappa shape index (κ2) is 3.90. The fourth-order valence-corrected chi connectivity index (χ4v) is 1.85. The summed E-state index contributed by atoms with van der Waals surface area (Å²) in [7, 11) is 0. The fourth-order valence-electron chi connectivity index (χ4n) is 1.85. The maximum Gasteiger partial charge on any atom is -0.00989 e. The third-order valence-electron chi connectivity index (χ3n) is 2.63. The van der Waals surface area contributed by atoms with Crippen LogP contribution in [0, 0.1) is 26.8 Å². The molecule has 1 radical (unpaired) electrons. The van der Waals surface area contributed by atoms with Crippen molar-refractivity contribution in [3.05, 3.63) is 59.2 Å². The van der Waals surface area contributed by atoms with E-state index in [0.717, 1.165) is 0 Å². The Hall–Kier alpha value is -1.56. The smallest absolute Gasteiger partial charge is 0.00989 e. The van der Waals surface area contributed by atoms with Gasteiger partial charge in [0.05, 0.1) is 0 Å². The molecule has 0 atom stereocenters. The van der Waals surface area contributed by atoms with Crippen LogP contribution in [-0.2, 0) is 0 Å². The van der Waals surface area contributed by atoms with Crippen LogP contribution in [0.4, 0.5) is 0 Å². The lowest BCUT2D eigenvalue weighted by molar-refractivity contribution is 1.37. The minimum atomic E-state index is 1.19. The van der Waals surface area contributed by atoms with E-state index in [1.807, 2.05) is 6.07 Å². The van der Waals surface area contributed by atoms with Crippen molar-refractivity contribution in [1.29, 1.82) is 0 Å². The molecule has 0 saturated carbocycles. The molecule has 0 spiro atoms. The molecule has 0 heteroatoms. The van der Waals surface area contributed by atoms with Gasteiger partial charge in [0, 0.05) is 0 Å². The minimum absolute atomic E-state index is 1.19. The summed E-state index contributed by atoms with van der Waals surface area (Å²) in [6.45, 7) is 6.39. The first-order valence-electron chi connectivity index (χ1n) is 5.23. The van der Waals surface area contributed by atoms with Crippen molar-refractivity contribution in [2.75, 3.05) is 0 Å². The molecular weight excluding hydrogens is 180 g/mol. The Morgan fingerprint density at radius 2 is 1.60 bits per heavy atom. The highest BCUT2D eigenvalue weighted by atomic mass is 14.1. The van der Waals surface area contributed by atoms with E-state index in [4.69, 9.17) is 0 Å². The van der Waals surface area contributed by atoms with E-state index in [1.54, 1.807) is 0 Å². The Kier molecular flexibility index (Phi) is 2.59. The monoisotopic (exact) mass is 195 g/mol. The molecular formula is C15H15. The molecule has 2 aromatic rings. The molecule has 15 heavy (non-hydrogen) atoms. The molecule has 2 aromatic carbocycles. The molecule has 0 aliphatic carbocycles. The standard InChI is InChI=1S/C15H15/c1-11-5-4-6-14(10-11)15-8-7-12(2)9-13(15)3/h4-5,7-10H,1-3H3. The minimum Gasteiger partial charge on any atom is -0.0587 e. The number of aryl methyl sites for hydroxylation is 3. The normalized spacial score (nSPS) is 10.3. The van der Waals surface area contributed by atoms with E-state index in [-0.39, 0.29) is 0 Å². The summed E-state index contributed by atoms with van der Waals surface area (Å²) in [5, 5.41) is 0. The lowest BCUT2D eigenvalue weighted by Crippen LogP contribution is -1.85. The lowest BCUT2D eigenvalue weighted by atomic mass is 9.98. The quantitative estimate of drug-likeness (QED) is 0.643. The summed E-state index contributed by atoms with van der Waals surface area (Å²) in [6.07, 6.45) is 0. The average Bonchev–Trinajstić information content (AvgIpc) is 2.17. The van der Waals surface area contributed by atoms with Crippen LogP contribution in [-0.4, -0.2) is 0 Å². The van der Waals surface area contributed by atoms with Crippen LogP contribution < -0.4 is 0 Å². The Morgan fingerprint density at radius 1 is 0.867 bits per heavy atom. The predicted molar refractivity (Wildman–Crippen MR) is 64.9 cm³/mol. The van der Waals surface area contributed by atoms with Gasteiger partial charge in [-0.25, -0.2) is 0 Å². The van der Waals surface area contributed by atoms with E-state index in [9.17, 15) is 0 Å². The van der Waals surface area contributed by atoms with E-state index < -0.39 is 0 Å². The molecule has 0 bridgehead atoms. The maximum atomic E-state index is 3.29. The molecule has 0 aliphatic heterocycles. The molecule has 0 N–H and O–H groups in total. The van der Waals surface area contributed by atoms with Crippen molar-refractivity contribution in [2.45, 2.75) is 20.8 Å². The molecule has 0 nitrogen and oxygen atoms in total. The number of rotatable bonds is 1. The highest BCUT2D eigenvalue weighted by molar-refractivity contribution is 5.67. The third-order valence-corrected chi connectivity index (χ3v) is 2.63. The second-order valence-corrected chi connectivity index (χ2v) is 4.10. The molecule has 0 unspecified atom stereocenters. The zero-order valence-corrected chi connectivity index (χ0v) is 9.46. The van der Waals surface area contributed by atoms with E-state index >= 15 is 0 Å². The number of hydrogen-bond acceptors (Lipinski definition) is 0. The van der Waals surface area contributed by atoms with Gasteiger partial charge in [0.2, 0.25) is 0 Å². The first-order valence-corrected chi connectivity index (χ1v) is 5.23. The van der Waals surface area contributed by atoms with Crippen molar-refractivity contribution in [2.24, 2.45) is 0 Å². The van der Waals surface area contributed by atoms with Gasteiger partial charge in [0.15, 0.2) is 0 Å². The summed E-state index contributed by atoms with van der Waals surface area (Å²) in [6, 6.07) is 16.1. The van der Waals surface area contributed by atoms with Crippen molar-refractivity contribution in [3.8, 4) is 11.1 Å². The van der Waals surface area contributed by atoms with Gasteiger partial charge in [-0.05, 0) is 43.5 Å². The summed E-state index contributed by atoms with van der Waals surface area (Å²) in [5.74, 6) is 0. The lowest BCUT2D eigenvalue weighted by Gasteiger charge is -2.07.